The third kappa shape index (κ3) is 5.27. The predicted molar refractivity (Wildman–Crippen MR) is 163 cm³/mol. The summed E-state index contributed by atoms with van der Waals surface area (Å²) in [6, 6.07) is 31.9. The van der Waals surface area contributed by atoms with Gasteiger partial charge < -0.3 is 19.9 Å². The Bertz CT molecular complexity index is 1550. The van der Waals surface area contributed by atoms with Gasteiger partial charge in [-0.15, -0.1) is 0 Å². The highest BCUT2D eigenvalue weighted by Crippen LogP contribution is 2.58. The fourth-order valence-corrected chi connectivity index (χ4v) is 7.08. The van der Waals surface area contributed by atoms with Crippen LogP contribution >= 0.6 is 11.6 Å². The number of anilines is 1. The number of halogens is 1. The Morgan fingerprint density at radius 2 is 1.63 bits per heavy atom. The molecule has 1 atom stereocenters. The van der Waals surface area contributed by atoms with Crippen molar-refractivity contribution in [1.29, 1.82) is 0 Å². The van der Waals surface area contributed by atoms with Gasteiger partial charge in [0, 0.05) is 16.1 Å². The quantitative estimate of drug-likeness (QED) is 0.223. The molecule has 5 nitrogen and oxygen atoms in total. The zero-order valence-corrected chi connectivity index (χ0v) is 23.9. The summed E-state index contributed by atoms with van der Waals surface area (Å²) in [5.41, 5.74) is 3.23. The minimum Gasteiger partial charge on any atom is -0.494 e. The monoisotopic (exact) mass is 567 g/mol. The third-order valence-electron chi connectivity index (χ3n) is 8.87. The molecular weight excluding hydrogens is 534 g/mol. The largest absolute Gasteiger partial charge is 0.494 e. The molecule has 1 fully saturated rings. The Kier molecular flexibility index (Phi) is 7.39. The molecule has 0 amide bonds. The fourth-order valence-electron chi connectivity index (χ4n) is 6.89. The van der Waals surface area contributed by atoms with Gasteiger partial charge in [0.05, 0.1) is 6.61 Å². The summed E-state index contributed by atoms with van der Waals surface area (Å²) in [5, 5.41) is 14.4. The topological polar surface area (TPSA) is 67.8 Å². The van der Waals surface area contributed by atoms with E-state index >= 15 is 0 Å². The second-order valence-corrected chi connectivity index (χ2v) is 11.6. The Labute approximate surface area is 246 Å². The number of para-hydroxylation sites is 1. The third-order valence-corrected chi connectivity index (χ3v) is 9.11. The van der Waals surface area contributed by atoms with Crippen LogP contribution in [-0.4, -0.2) is 23.2 Å². The van der Waals surface area contributed by atoms with E-state index < -0.39 is 11.5 Å². The molecule has 0 bridgehead atoms. The lowest BCUT2D eigenvalue weighted by molar-refractivity contribution is -0.144. The van der Waals surface area contributed by atoms with Crippen molar-refractivity contribution in [1.82, 2.24) is 0 Å². The van der Waals surface area contributed by atoms with Gasteiger partial charge in [-0.2, -0.15) is 0 Å². The first-order valence-corrected chi connectivity index (χ1v) is 14.6. The highest BCUT2D eigenvalue weighted by molar-refractivity contribution is 6.30. The smallest absolute Gasteiger partial charge is 0.329 e. The van der Waals surface area contributed by atoms with Gasteiger partial charge in [-0.25, -0.2) is 4.79 Å². The maximum Gasteiger partial charge on any atom is 0.329 e. The van der Waals surface area contributed by atoms with Crippen molar-refractivity contribution in [3.05, 3.63) is 119 Å². The highest BCUT2D eigenvalue weighted by atomic mass is 35.5. The van der Waals surface area contributed by atoms with Crippen molar-refractivity contribution < 1.29 is 19.4 Å². The number of aliphatic carboxylic acids is 1. The molecule has 2 aliphatic carbocycles. The normalized spacial score (nSPS) is 23.1. The Morgan fingerprint density at radius 3 is 2.37 bits per heavy atom. The molecular formula is C35H34ClNO4. The van der Waals surface area contributed by atoms with Gasteiger partial charge in [0.1, 0.15) is 22.8 Å². The summed E-state index contributed by atoms with van der Waals surface area (Å²) in [6.45, 7) is 2.59. The van der Waals surface area contributed by atoms with Gasteiger partial charge in [0.2, 0.25) is 0 Å². The van der Waals surface area contributed by atoms with E-state index in [0.717, 1.165) is 42.2 Å². The number of benzene rings is 4. The molecule has 0 aliphatic heterocycles. The minimum absolute atomic E-state index is 0.187. The first-order chi connectivity index (χ1) is 19.9. The average Bonchev–Trinajstić information content (AvgIpc) is 3.28. The van der Waals surface area contributed by atoms with Crippen molar-refractivity contribution in [2.75, 3.05) is 11.9 Å². The van der Waals surface area contributed by atoms with Crippen LogP contribution in [0.3, 0.4) is 0 Å². The molecule has 2 aliphatic rings. The Hall–Kier alpha value is -3.96. The van der Waals surface area contributed by atoms with Gasteiger partial charge in [-0.05, 0) is 116 Å². The van der Waals surface area contributed by atoms with Gasteiger partial charge in [-0.1, -0.05) is 54.1 Å². The highest BCUT2D eigenvalue weighted by Gasteiger charge is 2.54. The summed E-state index contributed by atoms with van der Waals surface area (Å²) in [6.07, 6.45) is 3.32. The van der Waals surface area contributed by atoms with Gasteiger partial charge >= 0.3 is 5.97 Å². The molecule has 0 heterocycles. The number of nitrogens with one attached hydrogen (secondary N) is 1. The summed E-state index contributed by atoms with van der Waals surface area (Å²) in [7, 11) is 0. The molecule has 6 heteroatoms. The van der Waals surface area contributed by atoms with Crippen LogP contribution < -0.4 is 14.8 Å². The number of hydrogen-bond donors (Lipinski definition) is 2. The summed E-state index contributed by atoms with van der Waals surface area (Å²) in [4.78, 5) is 12.8. The minimum atomic E-state index is -1.07. The molecule has 0 aromatic heterocycles. The van der Waals surface area contributed by atoms with Crippen molar-refractivity contribution in [2.45, 2.75) is 55.9 Å². The molecule has 2 N–H and O–H groups in total. The van der Waals surface area contributed by atoms with E-state index in [0.29, 0.717) is 24.5 Å². The molecule has 4 aromatic rings. The molecule has 1 unspecified atom stereocenters. The number of ether oxygens (including phenoxy) is 2. The lowest BCUT2D eigenvalue weighted by atomic mass is 9.59. The van der Waals surface area contributed by atoms with Crippen LogP contribution in [0.1, 0.15) is 55.2 Å². The standard InChI is InChI=1S/C35H34ClNO4/c1-2-40-29-15-14-25-21-31(24-8-6-13-30(20-24)41-28-11-4-3-5-12-28)34(32(25)23-29)16-18-35(19-17-34,33(38)39)37-27-10-7-9-26(36)22-27/h3-15,20,22-23,31,37H,2,16-19,21H2,1H3,(H,38,39). The van der Waals surface area contributed by atoms with Crippen LogP contribution in [0.5, 0.6) is 17.2 Å². The first kappa shape index (κ1) is 27.2. The van der Waals surface area contributed by atoms with Crippen LogP contribution in [0.25, 0.3) is 0 Å². The Morgan fingerprint density at radius 1 is 0.878 bits per heavy atom. The van der Waals surface area contributed by atoms with E-state index in [-0.39, 0.29) is 11.3 Å². The SMILES string of the molecule is CCOc1ccc2c(c1)C1(CCC(Nc3cccc(Cl)c3)(C(=O)O)CC1)C(c1cccc(Oc3ccccc3)c1)C2. The molecule has 0 radical (unpaired) electrons. The van der Waals surface area contributed by atoms with E-state index in [1.54, 1.807) is 12.1 Å². The number of carboxylic acids is 1. The first-order valence-electron chi connectivity index (χ1n) is 14.3. The molecule has 4 aromatic carbocycles. The number of rotatable bonds is 8. The summed E-state index contributed by atoms with van der Waals surface area (Å²) < 4.78 is 12.1. The zero-order valence-electron chi connectivity index (χ0n) is 23.1. The van der Waals surface area contributed by atoms with Crippen molar-refractivity contribution in [3.8, 4) is 17.2 Å². The predicted octanol–water partition coefficient (Wildman–Crippen LogP) is 8.62. The second-order valence-electron chi connectivity index (χ2n) is 11.2. The molecule has 1 spiro atoms. The molecule has 41 heavy (non-hydrogen) atoms. The zero-order chi connectivity index (χ0) is 28.5. The Balaban J connectivity index is 1.36. The summed E-state index contributed by atoms with van der Waals surface area (Å²) >= 11 is 6.22. The lowest BCUT2D eigenvalue weighted by Crippen LogP contribution is -2.52. The van der Waals surface area contributed by atoms with Crippen molar-refractivity contribution >= 4 is 23.3 Å². The van der Waals surface area contributed by atoms with Crippen LogP contribution in [-0.2, 0) is 16.6 Å². The van der Waals surface area contributed by atoms with Crippen molar-refractivity contribution in [2.24, 2.45) is 0 Å². The van der Waals surface area contributed by atoms with Gasteiger partial charge in [0.25, 0.3) is 0 Å². The van der Waals surface area contributed by atoms with E-state index in [1.165, 1.54) is 16.7 Å². The van der Waals surface area contributed by atoms with Crippen LogP contribution in [0.4, 0.5) is 5.69 Å². The lowest BCUT2D eigenvalue weighted by Gasteiger charge is -2.47. The molecule has 6 rings (SSSR count). The van der Waals surface area contributed by atoms with E-state index in [9.17, 15) is 9.90 Å². The molecule has 0 saturated heterocycles. The fraction of sp³-hybridized carbons (Fsp3) is 0.286. The van der Waals surface area contributed by atoms with Gasteiger partial charge in [0.15, 0.2) is 0 Å². The molecule has 1 saturated carbocycles. The average molecular weight is 568 g/mol. The maximum atomic E-state index is 12.8. The number of fused-ring (bicyclic) bond motifs is 2. The van der Waals surface area contributed by atoms with Crippen LogP contribution in [0, 0.1) is 0 Å². The molecule has 210 valence electrons. The van der Waals surface area contributed by atoms with E-state index in [2.05, 4.69) is 41.7 Å². The van der Waals surface area contributed by atoms with Crippen molar-refractivity contribution in [3.63, 3.8) is 0 Å². The van der Waals surface area contributed by atoms with E-state index in [1.807, 2.05) is 55.5 Å². The van der Waals surface area contributed by atoms with Crippen LogP contribution in [0.2, 0.25) is 5.02 Å². The van der Waals surface area contributed by atoms with Crippen LogP contribution in [0.15, 0.2) is 97.1 Å². The maximum absolute atomic E-state index is 12.8. The van der Waals surface area contributed by atoms with E-state index in [4.69, 9.17) is 21.1 Å². The van der Waals surface area contributed by atoms with Gasteiger partial charge in [-0.3, -0.25) is 0 Å². The number of carbonyl (C=O) groups is 1. The number of hydrogen-bond acceptors (Lipinski definition) is 4. The summed E-state index contributed by atoms with van der Waals surface area (Å²) in [5.74, 6) is 1.81. The second kappa shape index (κ2) is 11.1. The number of carboxylic acid groups (broad SMARTS) is 1.